The minimum atomic E-state index is 1.50. The van der Waals surface area contributed by atoms with Crippen molar-refractivity contribution in [3.8, 4) is 0 Å². The average molecular weight is 49.6 g/mol. The van der Waals surface area contributed by atoms with E-state index in [0.29, 0.717) is 0 Å². The van der Waals surface area contributed by atoms with Crippen molar-refractivity contribution in [1.29, 1.82) is 0 Å². The van der Waals surface area contributed by atoms with Crippen LogP contribution in [0.3, 0.4) is 0 Å². The third-order valence-corrected chi connectivity index (χ3v) is 0.267. The molecule has 0 aliphatic carbocycles. The van der Waals surface area contributed by atoms with Crippen LogP contribution in [-0.2, 0) is 0 Å². The van der Waals surface area contributed by atoms with E-state index < -0.39 is 0 Å². The summed E-state index contributed by atoms with van der Waals surface area (Å²) in [7, 11) is 3.00. The predicted octanol–water partition coefficient (Wildman–Crippen LogP) is -0.394. The van der Waals surface area contributed by atoms with Gasteiger partial charge in [0, 0.05) is 0 Å². The van der Waals surface area contributed by atoms with E-state index in [1.165, 1.54) is 14.4 Å². The molecule has 0 unspecified atom stereocenters. The molecule has 0 amide bonds. The first-order valence-electron chi connectivity index (χ1n) is 1.03. The molecule has 0 aromatic heterocycles. The van der Waals surface area contributed by atoms with Crippen molar-refractivity contribution in [3.63, 3.8) is 0 Å². The van der Waals surface area contributed by atoms with Crippen LogP contribution in [-0.4, -0.2) is 14.4 Å². The summed E-state index contributed by atoms with van der Waals surface area (Å²) in [6.45, 7) is 0. The number of hydrogen-bond donors (Lipinski definition) is 0. The molecule has 0 saturated heterocycles. The molecule has 1 aliphatic rings. The van der Waals surface area contributed by atoms with E-state index in [1.54, 1.807) is 0 Å². The Kier molecular flexibility index (Phi) is 0.293. The van der Waals surface area contributed by atoms with Gasteiger partial charge in [-0.2, -0.15) is 0 Å². The van der Waals surface area contributed by atoms with Crippen molar-refractivity contribution < 1.29 is 0 Å². The van der Waals surface area contributed by atoms with E-state index in [0.717, 1.165) is 0 Å². The van der Waals surface area contributed by atoms with E-state index in [1.807, 2.05) is 0 Å². The summed E-state index contributed by atoms with van der Waals surface area (Å²) in [4.78, 5) is 7.00. The molecular formula is B2N2. The molecule has 4 heteroatoms. The molecule has 0 saturated carbocycles. The van der Waals surface area contributed by atoms with E-state index in [-0.39, 0.29) is 0 Å². The maximum atomic E-state index is 3.50. The van der Waals surface area contributed by atoms with Crippen LogP contribution in [0.4, 0.5) is 0 Å². The zero-order valence-electron chi connectivity index (χ0n) is 2.05. The summed E-state index contributed by atoms with van der Waals surface area (Å²) in [6, 6.07) is 0. The van der Waals surface area contributed by atoms with E-state index >= 15 is 0 Å². The van der Waals surface area contributed by atoms with Crippen molar-refractivity contribution >= 4 is 14.4 Å². The molecule has 4 heavy (non-hydrogen) atoms. The summed E-state index contributed by atoms with van der Waals surface area (Å²) in [6.07, 6.45) is 0. The Morgan fingerprint density at radius 2 is 1.25 bits per heavy atom. The molecule has 0 bridgehead atoms. The first-order chi connectivity index (χ1) is 2.00. The van der Waals surface area contributed by atoms with Gasteiger partial charge in [-0.1, -0.05) is 0 Å². The van der Waals surface area contributed by atoms with Crippen molar-refractivity contribution in [2.24, 2.45) is 9.61 Å². The van der Waals surface area contributed by atoms with Gasteiger partial charge in [0.05, 0.1) is 0 Å². The molecule has 0 radical (unpaired) electrons. The van der Waals surface area contributed by atoms with Crippen molar-refractivity contribution in [2.75, 3.05) is 0 Å². The molecular weight excluding hydrogens is 49.6 g/mol. The summed E-state index contributed by atoms with van der Waals surface area (Å²) in [5.41, 5.74) is 0. The van der Waals surface area contributed by atoms with Crippen LogP contribution < -0.4 is 0 Å². The third-order valence-electron chi connectivity index (χ3n) is 0.267. The van der Waals surface area contributed by atoms with Gasteiger partial charge in [-0.3, -0.25) is 0 Å². The van der Waals surface area contributed by atoms with Crippen molar-refractivity contribution in [1.82, 2.24) is 0 Å². The Morgan fingerprint density at radius 3 is 1.25 bits per heavy atom. The second-order valence-corrected chi connectivity index (χ2v) is 0.529. The van der Waals surface area contributed by atoms with Crippen molar-refractivity contribution in [2.45, 2.75) is 0 Å². The quantitative estimate of drug-likeness (QED) is 0.334. The second kappa shape index (κ2) is 0.587. The zero-order chi connectivity index (χ0) is 2.83. The standard InChI is InChI=1S/B2N2/c1-3-2-4-1. The monoisotopic (exact) mass is 50.0 g/mol. The van der Waals surface area contributed by atoms with Crippen LogP contribution >= 0.6 is 0 Å². The second-order valence-electron chi connectivity index (χ2n) is 0.529. The molecule has 0 spiro atoms. The molecule has 2 nitrogen and oxygen atoms in total. The Hall–Kier alpha value is -0.270. The number of hydrogen-bond acceptors (Lipinski definition) is 2. The SMILES string of the molecule is B1=NB=N1. The summed E-state index contributed by atoms with van der Waals surface area (Å²) >= 11 is 0. The first kappa shape index (κ1) is 2.00. The van der Waals surface area contributed by atoms with Gasteiger partial charge in [0.1, 0.15) is 0 Å². The molecule has 1 rings (SSSR count). The topological polar surface area (TPSA) is 24.7 Å². The van der Waals surface area contributed by atoms with Gasteiger partial charge in [0.25, 0.3) is 0 Å². The molecule has 1 heterocycles. The molecule has 16 valence electrons. The van der Waals surface area contributed by atoms with Gasteiger partial charge in [0.2, 0.25) is 0 Å². The van der Waals surface area contributed by atoms with Crippen molar-refractivity contribution in [3.05, 3.63) is 0 Å². The van der Waals surface area contributed by atoms with Crippen LogP contribution in [0.25, 0.3) is 0 Å². The van der Waals surface area contributed by atoms with Crippen LogP contribution in [0, 0.1) is 0 Å². The van der Waals surface area contributed by atoms with Crippen LogP contribution in [0.2, 0.25) is 0 Å². The van der Waals surface area contributed by atoms with Crippen LogP contribution in [0.15, 0.2) is 9.61 Å². The third kappa shape index (κ3) is 0.0662. The Morgan fingerprint density at radius 1 is 1.00 bits per heavy atom. The van der Waals surface area contributed by atoms with E-state index in [4.69, 9.17) is 0 Å². The average Bonchev–Trinajstić information content (AvgIpc) is 0.722. The van der Waals surface area contributed by atoms with E-state index in [9.17, 15) is 0 Å². The summed E-state index contributed by atoms with van der Waals surface area (Å²) in [5, 5.41) is 0. The van der Waals surface area contributed by atoms with Crippen LogP contribution in [0.1, 0.15) is 0 Å². The molecule has 1 aliphatic heterocycles. The van der Waals surface area contributed by atoms with Gasteiger partial charge >= 0.3 is 24.0 Å². The molecule has 0 aromatic carbocycles. The Balaban J connectivity index is 2.67. The molecule has 0 aromatic rings. The Bertz CT molecular complexity index is 44.4. The molecule has 0 N–H and O–H groups in total. The van der Waals surface area contributed by atoms with Crippen LogP contribution in [0.5, 0.6) is 0 Å². The normalized spacial score (nSPS) is 12.0. The predicted molar refractivity (Wildman–Crippen MR) is 16.4 cm³/mol. The van der Waals surface area contributed by atoms with Gasteiger partial charge in [-0.05, 0) is 0 Å². The fraction of sp³-hybridized carbons (Fsp3) is 0. The fourth-order valence-electron chi connectivity index (χ4n) is 0.0667. The van der Waals surface area contributed by atoms with Gasteiger partial charge in [-0.25, -0.2) is 0 Å². The van der Waals surface area contributed by atoms with Gasteiger partial charge in [-0.15, -0.1) is 0 Å². The summed E-state index contributed by atoms with van der Waals surface area (Å²) < 4.78 is 0. The van der Waals surface area contributed by atoms with Gasteiger partial charge in [0.15, 0.2) is 0 Å². The minimum absolute atomic E-state index is 1.50. The number of nitrogens with zero attached hydrogens (tertiary/aromatic N) is 2. The molecule has 0 fully saturated rings. The van der Waals surface area contributed by atoms with Gasteiger partial charge < -0.3 is 0 Å². The number of rotatable bonds is 0. The van der Waals surface area contributed by atoms with E-state index in [2.05, 4.69) is 9.61 Å². The maximum absolute atomic E-state index is 3.50. The Labute approximate surface area is 25.2 Å². The first-order valence-corrected chi connectivity index (χ1v) is 1.03. The molecule has 0 atom stereocenters. The fourth-order valence-corrected chi connectivity index (χ4v) is 0.0667. The summed E-state index contributed by atoms with van der Waals surface area (Å²) in [5.74, 6) is 0. The zero-order valence-corrected chi connectivity index (χ0v) is 2.05.